The molecule has 3 aromatic heterocycles. The molecule has 0 aliphatic heterocycles. The second kappa shape index (κ2) is 10.2. The summed E-state index contributed by atoms with van der Waals surface area (Å²) >= 11 is 0. The number of aromatic amines is 2. The van der Waals surface area contributed by atoms with Gasteiger partial charge in [0.2, 0.25) is 5.91 Å². The van der Waals surface area contributed by atoms with E-state index in [1.54, 1.807) is 18.3 Å². The first-order valence-electron chi connectivity index (χ1n) is 12.5. The molecule has 1 amide bonds. The Hall–Kier alpha value is -5.30. The fourth-order valence-corrected chi connectivity index (χ4v) is 4.63. The molecule has 39 heavy (non-hydrogen) atoms. The summed E-state index contributed by atoms with van der Waals surface area (Å²) in [5, 5.41) is 3.73. The summed E-state index contributed by atoms with van der Waals surface area (Å²) < 4.78 is 13.7. The number of nitrogens with one attached hydrogen (secondary N) is 3. The van der Waals surface area contributed by atoms with Gasteiger partial charge in [0.15, 0.2) is 0 Å². The Bertz CT molecular complexity index is 1800. The molecule has 6 nitrogen and oxygen atoms in total. The summed E-state index contributed by atoms with van der Waals surface area (Å²) in [6, 6.07) is 28.2. The Labute approximate surface area is 224 Å². The van der Waals surface area contributed by atoms with Crippen LogP contribution in [0.5, 0.6) is 0 Å². The third-order valence-electron chi connectivity index (χ3n) is 6.56. The normalized spacial score (nSPS) is 11.0. The number of nitrogens with zero attached hydrogens (tertiary/aromatic N) is 2. The quantitative estimate of drug-likeness (QED) is 0.203. The van der Waals surface area contributed by atoms with Crippen LogP contribution in [0.4, 0.5) is 4.39 Å². The van der Waals surface area contributed by atoms with Gasteiger partial charge >= 0.3 is 0 Å². The van der Waals surface area contributed by atoms with Gasteiger partial charge in [-0.2, -0.15) is 0 Å². The summed E-state index contributed by atoms with van der Waals surface area (Å²) in [6.07, 6.45) is 3.02. The average molecular weight is 514 g/mol. The van der Waals surface area contributed by atoms with Crippen molar-refractivity contribution < 1.29 is 9.18 Å². The van der Waals surface area contributed by atoms with Crippen LogP contribution in [0.1, 0.15) is 5.56 Å². The molecule has 0 fully saturated rings. The topological polar surface area (TPSA) is 86.5 Å². The summed E-state index contributed by atoms with van der Waals surface area (Å²) in [6.45, 7) is 3.90. The number of pyridine rings is 1. The van der Waals surface area contributed by atoms with E-state index in [-0.39, 0.29) is 11.7 Å². The highest BCUT2D eigenvalue weighted by molar-refractivity contribution is 5.98. The van der Waals surface area contributed by atoms with E-state index in [4.69, 9.17) is 4.98 Å². The van der Waals surface area contributed by atoms with Gasteiger partial charge in [-0.1, -0.05) is 55.1 Å². The Balaban J connectivity index is 1.46. The number of carbonyl (C=O) groups excluding carboxylic acids is 1. The Morgan fingerprint density at radius 3 is 2.49 bits per heavy atom. The number of H-pyrrole nitrogens is 2. The minimum absolute atomic E-state index is 0.216. The molecule has 3 N–H and O–H groups in total. The number of carbonyl (C=O) groups is 1. The Kier molecular flexibility index (Phi) is 6.31. The van der Waals surface area contributed by atoms with Crippen molar-refractivity contribution in [2.45, 2.75) is 6.54 Å². The van der Waals surface area contributed by atoms with E-state index in [9.17, 15) is 9.18 Å². The minimum atomic E-state index is -0.299. The van der Waals surface area contributed by atoms with Crippen molar-refractivity contribution in [3.63, 3.8) is 0 Å². The van der Waals surface area contributed by atoms with Crippen molar-refractivity contribution in [2.24, 2.45) is 0 Å². The second-order valence-corrected chi connectivity index (χ2v) is 9.11. The average Bonchev–Trinajstić information content (AvgIpc) is 3.62. The smallest absolute Gasteiger partial charge is 0.243 e. The molecular weight excluding hydrogens is 489 g/mol. The van der Waals surface area contributed by atoms with Crippen molar-refractivity contribution in [3.8, 4) is 45.2 Å². The number of rotatable bonds is 7. The number of fused-ring (bicyclic) bond motifs is 1. The van der Waals surface area contributed by atoms with E-state index in [2.05, 4.69) is 32.9 Å². The van der Waals surface area contributed by atoms with Crippen LogP contribution in [0.25, 0.3) is 56.2 Å². The molecule has 0 saturated heterocycles. The molecule has 7 heteroatoms. The van der Waals surface area contributed by atoms with Crippen molar-refractivity contribution in [2.75, 3.05) is 0 Å². The van der Waals surface area contributed by atoms with Crippen LogP contribution in [0, 0.1) is 5.82 Å². The predicted octanol–water partition coefficient (Wildman–Crippen LogP) is 6.90. The van der Waals surface area contributed by atoms with E-state index >= 15 is 0 Å². The highest BCUT2D eigenvalue weighted by Crippen LogP contribution is 2.37. The van der Waals surface area contributed by atoms with Crippen LogP contribution in [0.15, 0.2) is 110 Å². The zero-order chi connectivity index (χ0) is 26.8. The third-order valence-corrected chi connectivity index (χ3v) is 6.56. The molecule has 0 atom stereocenters. The van der Waals surface area contributed by atoms with Gasteiger partial charge in [-0.3, -0.25) is 4.79 Å². The first kappa shape index (κ1) is 24.1. The van der Waals surface area contributed by atoms with Crippen molar-refractivity contribution >= 4 is 16.9 Å². The maximum Gasteiger partial charge on any atom is 0.243 e. The number of hydrogen-bond acceptors (Lipinski definition) is 3. The van der Waals surface area contributed by atoms with Crippen LogP contribution >= 0.6 is 0 Å². The maximum absolute atomic E-state index is 13.7. The van der Waals surface area contributed by atoms with Crippen molar-refractivity contribution in [3.05, 3.63) is 121 Å². The molecule has 3 aromatic carbocycles. The SMILES string of the molecule is C=CC(=O)NCc1cccc(-c2cc3c(-c4[nH]c(-c5ccccc5)nc4-c4ccc(F)cc4)ccnc3[nH]2)c1. The highest BCUT2D eigenvalue weighted by atomic mass is 19.1. The predicted molar refractivity (Wildman–Crippen MR) is 152 cm³/mol. The molecule has 0 spiro atoms. The number of imidazole rings is 1. The zero-order valence-corrected chi connectivity index (χ0v) is 20.9. The van der Waals surface area contributed by atoms with E-state index in [1.165, 1.54) is 18.2 Å². The van der Waals surface area contributed by atoms with Gasteiger partial charge in [-0.05, 0) is 59.7 Å². The van der Waals surface area contributed by atoms with Crippen LogP contribution < -0.4 is 5.32 Å². The fourth-order valence-electron chi connectivity index (χ4n) is 4.63. The molecule has 0 radical (unpaired) electrons. The van der Waals surface area contributed by atoms with Gasteiger partial charge in [-0.25, -0.2) is 14.4 Å². The summed E-state index contributed by atoms with van der Waals surface area (Å²) in [5.74, 6) is 0.207. The van der Waals surface area contributed by atoms with Crippen molar-refractivity contribution in [1.82, 2.24) is 25.3 Å². The Morgan fingerprint density at radius 2 is 1.69 bits per heavy atom. The third kappa shape index (κ3) is 4.85. The van der Waals surface area contributed by atoms with Crippen molar-refractivity contribution in [1.29, 1.82) is 0 Å². The molecule has 3 heterocycles. The number of benzene rings is 3. The van der Waals surface area contributed by atoms with E-state index in [1.807, 2.05) is 60.7 Å². The summed E-state index contributed by atoms with van der Waals surface area (Å²) in [4.78, 5) is 28.1. The first-order valence-corrected chi connectivity index (χ1v) is 12.5. The lowest BCUT2D eigenvalue weighted by molar-refractivity contribution is -0.116. The highest BCUT2D eigenvalue weighted by Gasteiger charge is 2.19. The molecular formula is C32H24FN5O. The second-order valence-electron chi connectivity index (χ2n) is 9.11. The van der Waals surface area contributed by atoms with Crippen LogP contribution in [-0.4, -0.2) is 25.8 Å². The van der Waals surface area contributed by atoms with Crippen LogP contribution in [0.2, 0.25) is 0 Å². The lowest BCUT2D eigenvalue weighted by atomic mass is 10.0. The lowest BCUT2D eigenvalue weighted by Crippen LogP contribution is -2.19. The number of halogens is 1. The number of aromatic nitrogens is 4. The van der Waals surface area contributed by atoms with Gasteiger partial charge in [0, 0.05) is 40.5 Å². The standard InChI is InChI=1S/C32H24FN5O/c1-2-28(39)35-19-20-7-6-10-23(17-20)27-18-26-25(15-16-34-32(26)36-27)30-29(21-11-13-24(33)14-12-21)37-31(38-30)22-8-4-3-5-9-22/h2-18H,1,19H2,(H,34,36)(H,35,39)(H,37,38). The van der Waals surface area contributed by atoms with Crippen LogP contribution in [0.3, 0.4) is 0 Å². The molecule has 0 aliphatic rings. The minimum Gasteiger partial charge on any atom is -0.348 e. The van der Waals surface area contributed by atoms with Gasteiger partial charge < -0.3 is 15.3 Å². The molecule has 0 saturated carbocycles. The van der Waals surface area contributed by atoms with Gasteiger partial charge in [0.05, 0.1) is 11.4 Å². The first-order chi connectivity index (χ1) is 19.1. The zero-order valence-electron chi connectivity index (χ0n) is 20.9. The molecule has 190 valence electrons. The largest absolute Gasteiger partial charge is 0.348 e. The summed E-state index contributed by atoms with van der Waals surface area (Å²) in [7, 11) is 0. The number of amides is 1. The monoisotopic (exact) mass is 513 g/mol. The fraction of sp³-hybridized carbons (Fsp3) is 0.0312. The molecule has 0 aliphatic carbocycles. The molecule has 0 bridgehead atoms. The van der Waals surface area contributed by atoms with Gasteiger partial charge in [-0.15, -0.1) is 0 Å². The number of hydrogen-bond donors (Lipinski definition) is 3. The van der Waals surface area contributed by atoms with E-state index < -0.39 is 0 Å². The Morgan fingerprint density at radius 1 is 0.897 bits per heavy atom. The van der Waals surface area contributed by atoms with Crippen LogP contribution in [-0.2, 0) is 11.3 Å². The maximum atomic E-state index is 13.7. The molecule has 6 rings (SSSR count). The van der Waals surface area contributed by atoms with Gasteiger partial charge in [0.1, 0.15) is 17.3 Å². The van der Waals surface area contributed by atoms with Gasteiger partial charge in [0.25, 0.3) is 0 Å². The lowest BCUT2D eigenvalue weighted by Gasteiger charge is -2.05. The molecule has 0 unspecified atom stereocenters. The summed E-state index contributed by atoms with van der Waals surface area (Å²) in [5.41, 5.74) is 7.79. The molecule has 6 aromatic rings. The van der Waals surface area contributed by atoms with E-state index in [0.29, 0.717) is 6.54 Å². The van der Waals surface area contributed by atoms with E-state index in [0.717, 1.165) is 61.8 Å².